The van der Waals surface area contributed by atoms with Gasteiger partial charge in [0.25, 0.3) is 0 Å². The van der Waals surface area contributed by atoms with Gasteiger partial charge in [0, 0.05) is 28.5 Å². The van der Waals surface area contributed by atoms with E-state index in [1.54, 1.807) is 17.1 Å². The SMILES string of the molecule is NCc1cnn(CC(=O)Nc2cccc(Br)c2)c1. The number of halogens is 1. The molecule has 0 aliphatic carbocycles. The molecule has 0 unspecified atom stereocenters. The monoisotopic (exact) mass is 308 g/mol. The molecule has 94 valence electrons. The lowest BCUT2D eigenvalue weighted by molar-refractivity contribution is -0.116. The molecule has 6 heteroatoms. The number of nitrogens with one attached hydrogen (secondary N) is 1. The first kappa shape index (κ1) is 12.8. The van der Waals surface area contributed by atoms with Gasteiger partial charge >= 0.3 is 0 Å². The molecule has 0 aliphatic rings. The molecule has 2 aromatic rings. The van der Waals surface area contributed by atoms with Crippen molar-refractivity contribution in [2.24, 2.45) is 5.73 Å². The quantitative estimate of drug-likeness (QED) is 0.903. The summed E-state index contributed by atoms with van der Waals surface area (Å²) in [7, 11) is 0. The number of hydrogen-bond acceptors (Lipinski definition) is 3. The fourth-order valence-corrected chi connectivity index (χ4v) is 1.91. The Morgan fingerprint density at radius 1 is 1.50 bits per heavy atom. The number of carbonyl (C=O) groups excluding carboxylic acids is 1. The smallest absolute Gasteiger partial charge is 0.246 e. The van der Waals surface area contributed by atoms with Gasteiger partial charge in [0.2, 0.25) is 5.91 Å². The predicted octanol–water partition coefficient (Wildman–Crippen LogP) is 1.74. The lowest BCUT2D eigenvalue weighted by Crippen LogP contribution is -2.19. The predicted molar refractivity (Wildman–Crippen MR) is 72.9 cm³/mol. The lowest BCUT2D eigenvalue weighted by atomic mass is 10.3. The van der Waals surface area contributed by atoms with Crippen molar-refractivity contribution in [3.63, 3.8) is 0 Å². The highest BCUT2D eigenvalue weighted by molar-refractivity contribution is 9.10. The normalized spacial score (nSPS) is 10.3. The molecule has 3 N–H and O–H groups in total. The van der Waals surface area contributed by atoms with Gasteiger partial charge in [-0.1, -0.05) is 22.0 Å². The molecule has 18 heavy (non-hydrogen) atoms. The first-order valence-corrected chi connectivity index (χ1v) is 6.23. The van der Waals surface area contributed by atoms with Crippen LogP contribution in [-0.2, 0) is 17.9 Å². The van der Waals surface area contributed by atoms with Crippen LogP contribution in [-0.4, -0.2) is 15.7 Å². The Morgan fingerprint density at radius 3 is 3.00 bits per heavy atom. The molecule has 2 rings (SSSR count). The number of carbonyl (C=O) groups is 1. The fourth-order valence-electron chi connectivity index (χ4n) is 1.51. The van der Waals surface area contributed by atoms with Crippen molar-refractivity contribution < 1.29 is 4.79 Å². The fraction of sp³-hybridized carbons (Fsp3) is 0.167. The van der Waals surface area contributed by atoms with Gasteiger partial charge < -0.3 is 11.1 Å². The number of nitrogens with zero attached hydrogens (tertiary/aromatic N) is 2. The molecule has 1 aromatic heterocycles. The Morgan fingerprint density at radius 2 is 2.33 bits per heavy atom. The maximum Gasteiger partial charge on any atom is 0.246 e. The summed E-state index contributed by atoms with van der Waals surface area (Å²) in [6.07, 6.45) is 3.42. The van der Waals surface area contributed by atoms with Crippen molar-refractivity contribution in [2.75, 3.05) is 5.32 Å². The molecule has 1 heterocycles. The Labute approximate surface area is 113 Å². The number of anilines is 1. The van der Waals surface area contributed by atoms with Crippen LogP contribution in [0.3, 0.4) is 0 Å². The first-order valence-electron chi connectivity index (χ1n) is 5.44. The number of nitrogens with two attached hydrogens (primary N) is 1. The van der Waals surface area contributed by atoms with Gasteiger partial charge in [-0.2, -0.15) is 5.10 Å². The van der Waals surface area contributed by atoms with Crippen LogP contribution in [0, 0.1) is 0 Å². The largest absolute Gasteiger partial charge is 0.326 e. The molecule has 0 saturated heterocycles. The average Bonchev–Trinajstić information content (AvgIpc) is 2.76. The van der Waals surface area contributed by atoms with Crippen LogP contribution in [0.5, 0.6) is 0 Å². The lowest BCUT2D eigenvalue weighted by Gasteiger charge is -2.05. The summed E-state index contributed by atoms with van der Waals surface area (Å²) in [5.41, 5.74) is 7.13. The van der Waals surface area contributed by atoms with E-state index in [0.717, 1.165) is 15.7 Å². The van der Waals surface area contributed by atoms with Gasteiger partial charge in [-0.05, 0) is 18.2 Å². The van der Waals surface area contributed by atoms with E-state index >= 15 is 0 Å². The molecule has 0 aliphatic heterocycles. The number of benzene rings is 1. The second kappa shape index (κ2) is 5.79. The van der Waals surface area contributed by atoms with Gasteiger partial charge in [-0.15, -0.1) is 0 Å². The van der Waals surface area contributed by atoms with E-state index in [4.69, 9.17) is 5.73 Å². The van der Waals surface area contributed by atoms with Gasteiger partial charge in [0.15, 0.2) is 0 Å². The zero-order valence-electron chi connectivity index (χ0n) is 9.64. The molecule has 1 amide bonds. The van der Waals surface area contributed by atoms with Crippen molar-refractivity contribution in [1.82, 2.24) is 9.78 Å². The van der Waals surface area contributed by atoms with E-state index in [1.165, 1.54) is 0 Å². The maximum absolute atomic E-state index is 11.8. The summed E-state index contributed by atoms with van der Waals surface area (Å²) in [5.74, 6) is -0.125. The van der Waals surface area contributed by atoms with Crippen molar-refractivity contribution >= 4 is 27.5 Å². The Hall–Kier alpha value is -1.66. The number of amides is 1. The highest BCUT2D eigenvalue weighted by Crippen LogP contribution is 2.15. The molecule has 0 spiro atoms. The summed E-state index contributed by atoms with van der Waals surface area (Å²) in [4.78, 5) is 11.8. The third-order valence-corrected chi connectivity index (χ3v) is 2.83. The molecular formula is C12H13BrN4O. The molecule has 0 bridgehead atoms. The highest BCUT2D eigenvalue weighted by Gasteiger charge is 2.05. The van der Waals surface area contributed by atoms with Crippen LogP contribution in [0.15, 0.2) is 41.1 Å². The number of rotatable bonds is 4. The van der Waals surface area contributed by atoms with E-state index in [9.17, 15) is 4.79 Å². The van der Waals surface area contributed by atoms with Crippen LogP contribution in [0.25, 0.3) is 0 Å². The summed E-state index contributed by atoms with van der Waals surface area (Å²) in [6.45, 7) is 0.597. The molecule has 0 fully saturated rings. The Bertz CT molecular complexity index is 553. The molecule has 1 aromatic carbocycles. The number of hydrogen-bond donors (Lipinski definition) is 2. The topological polar surface area (TPSA) is 72.9 Å². The van der Waals surface area contributed by atoms with E-state index in [-0.39, 0.29) is 12.5 Å². The van der Waals surface area contributed by atoms with Crippen molar-refractivity contribution in [1.29, 1.82) is 0 Å². The van der Waals surface area contributed by atoms with Gasteiger partial charge in [-0.3, -0.25) is 9.48 Å². The Kier molecular flexibility index (Phi) is 4.11. The maximum atomic E-state index is 11.8. The van der Waals surface area contributed by atoms with E-state index in [2.05, 4.69) is 26.3 Å². The third-order valence-electron chi connectivity index (χ3n) is 2.34. The zero-order valence-corrected chi connectivity index (χ0v) is 11.2. The second-order valence-corrected chi connectivity index (χ2v) is 4.72. The number of aromatic nitrogens is 2. The van der Waals surface area contributed by atoms with Crippen LogP contribution in [0.2, 0.25) is 0 Å². The summed E-state index contributed by atoms with van der Waals surface area (Å²) >= 11 is 3.35. The van der Waals surface area contributed by atoms with E-state index < -0.39 is 0 Å². The molecule has 0 saturated carbocycles. The van der Waals surface area contributed by atoms with Crippen LogP contribution < -0.4 is 11.1 Å². The van der Waals surface area contributed by atoms with Crippen molar-refractivity contribution in [3.8, 4) is 0 Å². The van der Waals surface area contributed by atoms with Crippen LogP contribution in [0.4, 0.5) is 5.69 Å². The zero-order chi connectivity index (χ0) is 13.0. The summed E-state index contributed by atoms with van der Waals surface area (Å²) in [5, 5.41) is 6.85. The minimum Gasteiger partial charge on any atom is -0.326 e. The molecular weight excluding hydrogens is 296 g/mol. The highest BCUT2D eigenvalue weighted by atomic mass is 79.9. The van der Waals surface area contributed by atoms with Gasteiger partial charge in [0.05, 0.1) is 6.20 Å². The minimum atomic E-state index is -0.125. The van der Waals surface area contributed by atoms with E-state index in [0.29, 0.717) is 6.54 Å². The first-order chi connectivity index (χ1) is 8.67. The van der Waals surface area contributed by atoms with Gasteiger partial charge in [-0.25, -0.2) is 0 Å². The van der Waals surface area contributed by atoms with Gasteiger partial charge in [0.1, 0.15) is 6.54 Å². The third kappa shape index (κ3) is 3.41. The van der Waals surface area contributed by atoms with Crippen LogP contribution >= 0.6 is 15.9 Å². The van der Waals surface area contributed by atoms with Crippen LogP contribution in [0.1, 0.15) is 5.56 Å². The molecule has 0 atom stereocenters. The summed E-state index contributed by atoms with van der Waals surface area (Å²) < 4.78 is 2.49. The molecule has 5 nitrogen and oxygen atoms in total. The minimum absolute atomic E-state index is 0.125. The summed E-state index contributed by atoms with van der Waals surface area (Å²) in [6, 6.07) is 7.43. The van der Waals surface area contributed by atoms with Crippen molar-refractivity contribution in [3.05, 3.63) is 46.7 Å². The van der Waals surface area contributed by atoms with E-state index in [1.807, 2.05) is 24.3 Å². The standard InChI is InChI=1S/C12H13BrN4O/c13-10-2-1-3-11(4-10)16-12(18)8-17-7-9(5-14)6-15-17/h1-4,6-7H,5,8,14H2,(H,16,18). The Balaban J connectivity index is 1.96. The van der Waals surface area contributed by atoms with Crippen molar-refractivity contribution in [2.45, 2.75) is 13.1 Å². The second-order valence-electron chi connectivity index (χ2n) is 3.81. The molecule has 0 radical (unpaired) electrons. The average molecular weight is 309 g/mol.